The smallest absolute Gasteiger partial charge is 0.363 e. The van der Waals surface area contributed by atoms with E-state index in [1.54, 1.807) is 0 Å². The number of aromatic nitrogens is 2. The number of alkyl halides is 3. The van der Waals surface area contributed by atoms with Crippen LogP contribution in [-0.4, -0.2) is 21.7 Å². The number of carbonyl (C=O) groups excluding carboxylic acids is 1. The summed E-state index contributed by atoms with van der Waals surface area (Å²) in [5.74, 6) is -0.0853. The highest BCUT2D eigenvalue weighted by Crippen LogP contribution is 2.45. The molecule has 40 heavy (non-hydrogen) atoms. The minimum Gasteiger partial charge on any atom is -0.363 e. The molecule has 0 radical (unpaired) electrons. The number of nitrogens with one attached hydrogen (secondary N) is 1. The van der Waals surface area contributed by atoms with Gasteiger partial charge in [0.15, 0.2) is 11.8 Å². The van der Waals surface area contributed by atoms with Gasteiger partial charge in [-0.05, 0) is 50.6 Å². The largest absolute Gasteiger partial charge is 0.410 e. The molecule has 0 aliphatic carbocycles. The number of hydrogen-bond acceptors (Lipinski definition) is 3. The average Bonchev–Trinajstić information content (AvgIpc) is 3.35. The Morgan fingerprint density at radius 1 is 0.900 bits per heavy atom. The summed E-state index contributed by atoms with van der Waals surface area (Å²) in [5, 5.41) is 11.6. The number of ketones is 1. The maximum absolute atomic E-state index is 14.2. The highest BCUT2D eigenvalue weighted by Gasteiger charge is 2.47. The average molecular weight is 542 g/mol. The second-order valence-corrected chi connectivity index (χ2v) is 11.6. The second kappa shape index (κ2) is 9.81. The Kier molecular flexibility index (Phi) is 6.40. The number of nitrogens with zero attached hydrogens (tertiary/aromatic N) is 2. The molecule has 0 spiro atoms. The van der Waals surface area contributed by atoms with E-state index in [0.717, 1.165) is 37.4 Å². The Hall–Kier alpha value is -4.13. The Bertz CT molecular complexity index is 1720. The number of carbonyl (C=O) groups is 1. The summed E-state index contributed by atoms with van der Waals surface area (Å²) in [6, 6.07) is 25.4. The zero-order chi connectivity index (χ0) is 28.1. The maximum atomic E-state index is 14.2. The molecule has 204 valence electrons. The normalized spacial score (nSPS) is 17.5. The lowest BCUT2D eigenvalue weighted by atomic mass is 9.80. The van der Waals surface area contributed by atoms with Crippen LogP contribution in [0.25, 0.3) is 21.5 Å². The summed E-state index contributed by atoms with van der Waals surface area (Å²) in [5.41, 5.74) is 1.64. The van der Waals surface area contributed by atoms with E-state index in [0.29, 0.717) is 6.42 Å². The number of hydrogen-bond donors (Lipinski definition) is 1. The number of anilines is 1. The van der Waals surface area contributed by atoms with Crippen LogP contribution in [0.3, 0.4) is 0 Å². The highest BCUT2D eigenvalue weighted by atomic mass is 19.4. The van der Waals surface area contributed by atoms with E-state index < -0.39 is 23.7 Å². The molecule has 0 fully saturated rings. The maximum Gasteiger partial charge on any atom is 0.410 e. The van der Waals surface area contributed by atoms with Crippen molar-refractivity contribution in [2.75, 3.05) is 5.32 Å². The third kappa shape index (κ3) is 5.08. The predicted molar refractivity (Wildman–Crippen MR) is 153 cm³/mol. The molecule has 2 atom stereocenters. The van der Waals surface area contributed by atoms with Crippen molar-refractivity contribution in [1.29, 1.82) is 0 Å². The van der Waals surface area contributed by atoms with Gasteiger partial charge in [0.05, 0.1) is 17.8 Å². The Morgan fingerprint density at radius 3 is 2.20 bits per heavy atom. The van der Waals surface area contributed by atoms with Gasteiger partial charge < -0.3 is 5.32 Å². The lowest BCUT2D eigenvalue weighted by Gasteiger charge is -2.34. The molecule has 5 aromatic rings. The van der Waals surface area contributed by atoms with Gasteiger partial charge in [0.2, 0.25) is 0 Å². The number of fused-ring (bicyclic) bond motifs is 3. The molecular weight excluding hydrogens is 511 g/mol. The molecule has 0 saturated heterocycles. The first kappa shape index (κ1) is 26.1. The van der Waals surface area contributed by atoms with Crippen LogP contribution in [0.15, 0.2) is 91.1 Å². The van der Waals surface area contributed by atoms with Crippen LogP contribution in [-0.2, 0) is 6.42 Å². The number of benzene rings is 4. The molecule has 4 nitrogen and oxygen atoms in total. The van der Waals surface area contributed by atoms with Gasteiger partial charge in [-0.2, -0.15) is 18.3 Å². The molecule has 1 N–H and O–H groups in total. The fourth-order valence-corrected chi connectivity index (χ4v) is 5.90. The Balaban J connectivity index is 1.28. The fourth-order valence-electron chi connectivity index (χ4n) is 5.90. The molecule has 1 aliphatic rings. The van der Waals surface area contributed by atoms with E-state index in [2.05, 4.69) is 40.7 Å². The van der Waals surface area contributed by atoms with Gasteiger partial charge in [0.25, 0.3) is 0 Å². The number of Topliss-reactive ketones (excluding diaryl/α,β-unsaturated/α-hetero) is 1. The third-order valence-electron chi connectivity index (χ3n) is 7.85. The Morgan fingerprint density at radius 2 is 1.52 bits per heavy atom. The molecule has 2 unspecified atom stereocenters. The van der Waals surface area contributed by atoms with Crippen molar-refractivity contribution in [2.45, 2.75) is 51.4 Å². The van der Waals surface area contributed by atoms with Crippen LogP contribution in [0.2, 0.25) is 0 Å². The van der Waals surface area contributed by atoms with E-state index in [4.69, 9.17) is 0 Å². The molecule has 0 saturated carbocycles. The summed E-state index contributed by atoms with van der Waals surface area (Å²) in [7, 11) is 0. The van der Waals surface area contributed by atoms with E-state index >= 15 is 0 Å². The topological polar surface area (TPSA) is 46.9 Å². The van der Waals surface area contributed by atoms with Gasteiger partial charge in [-0.1, -0.05) is 92.7 Å². The van der Waals surface area contributed by atoms with E-state index in [9.17, 15) is 18.0 Å². The summed E-state index contributed by atoms with van der Waals surface area (Å²) < 4.78 is 43.6. The minimum atomic E-state index is -4.51. The van der Waals surface area contributed by atoms with Gasteiger partial charge in [-0.3, -0.25) is 4.79 Å². The number of halogens is 3. The Labute approximate surface area is 230 Å². The molecule has 7 heteroatoms. The first-order valence-electron chi connectivity index (χ1n) is 13.5. The van der Waals surface area contributed by atoms with Crippen LogP contribution in [0.4, 0.5) is 19.0 Å². The minimum absolute atomic E-state index is 0.137. The van der Waals surface area contributed by atoms with Gasteiger partial charge >= 0.3 is 6.18 Å². The summed E-state index contributed by atoms with van der Waals surface area (Å²) in [6.07, 6.45) is -2.59. The van der Waals surface area contributed by atoms with Gasteiger partial charge in [0, 0.05) is 12.8 Å². The monoisotopic (exact) mass is 541 g/mol. The molecule has 6 rings (SSSR count). The van der Waals surface area contributed by atoms with Crippen molar-refractivity contribution >= 4 is 33.1 Å². The highest BCUT2D eigenvalue weighted by molar-refractivity contribution is 6.01. The summed E-state index contributed by atoms with van der Waals surface area (Å²) >= 11 is 0. The van der Waals surface area contributed by atoms with Crippen LogP contribution in [0.5, 0.6) is 0 Å². The first-order chi connectivity index (χ1) is 19.1. The standard InChI is InChI=1S/C33H30F3N3O/c1-32(2,18-21-11-12-22-7-3-5-9-24(22)15-21)19-29(40)27-20-37-39-30(33(34,35)36)17-28(38-31(27)39)26-14-13-23-8-4-6-10-25(23)16-26/h3-16,20,28,30,38H,17-19H2,1-2H3. The van der Waals surface area contributed by atoms with Crippen LogP contribution >= 0.6 is 0 Å². The van der Waals surface area contributed by atoms with Crippen molar-refractivity contribution in [1.82, 2.24) is 9.78 Å². The van der Waals surface area contributed by atoms with Crippen LogP contribution < -0.4 is 5.32 Å². The summed E-state index contributed by atoms with van der Waals surface area (Å²) in [6.45, 7) is 4.03. The summed E-state index contributed by atoms with van der Waals surface area (Å²) in [4.78, 5) is 13.6. The van der Waals surface area contributed by atoms with Crippen molar-refractivity contribution < 1.29 is 18.0 Å². The lowest BCUT2D eigenvalue weighted by Crippen LogP contribution is -2.36. The molecule has 0 bridgehead atoms. The van der Waals surface area contributed by atoms with E-state index in [1.165, 1.54) is 6.20 Å². The van der Waals surface area contributed by atoms with Crippen LogP contribution in [0.1, 0.15) is 60.3 Å². The molecule has 4 aromatic carbocycles. The zero-order valence-electron chi connectivity index (χ0n) is 22.4. The van der Waals surface area contributed by atoms with Gasteiger partial charge in [-0.15, -0.1) is 0 Å². The van der Waals surface area contributed by atoms with Gasteiger partial charge in [0.1, 0.15) is 5.82 Å². The zero-order valence-corrected chi connectivity index (χ0v) is 22.4. The molecule has 0 amide bonds. The van der Waals surface area contributed by atoms with E-state index in [1.807, 2.05) is 68.4 Å². The third-order valence-corrected chi connectivity index (χ3v) is 7.85. The molecule has 2 heterocycles. The van der Waals surface area contributed by atoms with Crippen LogP contribution in [0, 0.1) is 5.41 Å². The molecular formula is C33H30F3N3O. The van der Waals surface area contributed by atoms with Crippen molar-refractivity contribution in [2.24, 2.45) is 5.41 Å². The SMILES string of the molecule is CC(C)(CC(=O)c1cnn2c1NC(c1ccc3ccccc3c1)CC2C(F)(F)F)Cc1ccc2ccccc2c1. The first-order valence-corrected chi connectivity index (χ1v) is 13.5. The van der Waals surface area contributed by atoms with E-state index in [-0.39, 0.29) is 30.0 Å². The van der Waals surface area contributed by atoms with Crippen molar-refractivity contribution in [3.8, 4) is 0 Å². The number of rotatable bonds is 6. The molecule has 1 aliphatic heterocycles. The second-order valence-electron chi connectivity index (χ2n) is 11.6. The molecule has 1 aromatic heterocycles. The fraction of sp³-hybridized carbons (Fsp3) is 0.273. The lowest BCUT2D eigenvalue weighted by molar-refractivity contribution is -0.173. The quantitative estimate of drug-likeness (QED) is 0.219. The van der Waals surface area contributed by atoms with Gasteiger partial charge in [-0.25, -0.2) is 4.68 Å². The van der Waals surface area contributed by atoms with Crippen molar-refractivity contribution in [3.63, 3.8) is 0 Å². The van der Waals surface area contributed by atoms with Crippen molar-refractivity contribution in [3.05, 3.63) is 108 Å². The predicted octanol–water partition coefficient (Wildman–Crippen LogP) is 8.69.